The Kier molecular flexibility index (Phi) is 3.59. The van der Waals surface area contributed by atoms with E-state index < -0.39 is 24.0 Å². The summed E-state index contributed by atoms with van der Waals surface area (Å²) >= 11 is 23.1. The lowest BCUT2D eigenvalue weighted by Crippen LogP contribution is -2.55. The van der Waals surface area contributed by atoms with E-state index in [1.807, 2.05) is 0 Å². The molecule has 1 saturated carbocycles. The highest BCUT2D eigenvalue weighted by Gasteiger charge is 2.62. The smallest absolute Gasteiger partial charge is 0.284 e. The number of hydrogen-bond acceptors (Lipinski definition) is 2. The zero-order valence-corrected chi connectivity index (χ0v) is 10.7. The molecule has 14 heavy (non-hydrogen) atoms. The summed E-state index contributed by atoms with van der Waals surface area (Å²) in [6, 6.07) is 0. The molecule has 1 aliphatic carbocycles. The van der Waals surface area contributed by atoms with Crippen molar-refractivity contribution < 1.29 is 13.0 Å². The van der Waals surface area contributed by atoms with Gasteiger partial charge in [0, 0.05) is 0 Å². The van der Waals surface area contributed by atoms with Crippen LogP contribution in [0.15, 0.2) is 0 Å². The molecule has 0 spiro atoms. The van der Waals surface area contributed by atoms with Gasteiger partial charge in [-0.25, -0.2) is 0 Å². The molecule has 0 saturated heterocycles. The van der Waals surface area contributed by atoms with E-state index in [2.05, 4.69) is 0 Å². The summed E-state index contributed by atoms with van der Waals surface area (Å²) in [5.41, 5.74) is 0. The number of hydrogen-bond donors (Lipinski definition) is 1. The summed E-state index contributed by atoms with van der Waals surface area (Å²) in [7, 11) is -4.55. The van der Waals surface area contributed by atoms with Gasteiger partial charge in [-0.1, -0.05) is 34.8 Å². The fourth-order valence-corrected chi connectivity index (χ4v) is 4.00. The lowest BCUT2D eigenvalue weighted by molar-refractivity contribution is 0.394. The van der Waals surface area contributed by atoms with Crippen molar-refractivity contribution in [1.82, 2.24) is 0 Å². The first-order valence-corrected chi connectivity index (χ1v) is 6.82. The molecule has 0 aliphatic heterocycles. The van der Waals surface area contributed by atoms with Crippen LogP contribution in [0, 0.1) is 0 Å². The molecular weight excluding hydrogens is 294 g/mol. The molecule has 1 aliphatic rings. The van der Waals surface area contributed by atoms with E-state index in [4.69, 9.17) is 51.0 Å². The number of alkyl halides is 4. The predicted octanol–water partition coefficient (Wildman–Crippen LogP) is 2.77. The summed E-state index contributed by atoms with van der Waals surface area (Å²) < 4.78 is 27.1. The first-order valence-electron chi connectivity index (χ1n) is 3.81. The number of rotatable bonds is 1. The zero-order valence-electron chi connectivity index (χ0n) is 6.88. The minimum Gasteiger partial charge on any atom is -0.284 e. The summed E-state index contributed by atoms with van der Waals surface area (Å²) in [5, 5.41) is -0.806. The molecule has 1 N–H and O–H groups in total. The van der Waals surface area contributed by atoms with Crippen molar-refractivity contribution in [2.45, 2.75) is 33.2 Å². The lowest BCUT2D eigenvalue weighted by atomic mass is 9.98. The van der Waals surface area contributed by atoms with Crippen LogP contribution in [0.2, 0.25) is 0 Å². The first kappa shape index (κ1) is 13.1. The van der Waals surface area contributed by atoms with Crippen LogP contribution in [0.5, 0.6) is 0 Å². The van der Waals surface area contributed by atoms with Crippen molar-refractivity contribution >= 4 is 56.5 Å². The third-order valence-corrected chi connectivity index (χ3v) is 7.03. The molecule has 0 aromatic carbocycles. The molecule has 2 unspecified atom stereocenters. The van der Waals surface area contributed by atoms with Gasteiger partial charge in [-0.2, -0.15) is 8.42 Å². The van der Waals surface area contributed by atoms with Gasteiger partial charge in [0.25, 0.3) is 10.1 Å². The van der Waals surface area contributed by atoms with Gasteiger partial charge >= 0.3 is 0 Å². The second kappa shape index (κ2) is 3.82. The molecule has 8 heteroatoms. The van der Waals surface area contributed by atoms with E-state index >= 15 is 0 Å². The van der Waals surface area contributed by atoms with Gasteiger partial charge in [0.1, 0.15) is 0 Å². The van der Waals surface area contributed by atoms with Crippen LogP contribution in [0.3, 0.4) is 0 Å². The van der Waals surface area contributed by atoms with Gasteiger partial charge in [0.2, 0.25) is 4.21 Å². The number of halogens is 4. The van der Waals surface area contributed by atoms with Crippen LogP contribution in [-0.4, -0.2) is 26.9 Å². The van der Waals surface area contributed by atoms with E-state index in [1.165, 1.54) is 0 Å². The van der Waals surface area contributed by atoms with Gasteiger partial charge < -0.3 is 0 Å². The minimum absolute atomic E-state index is 0.0242. The Bertz CT molecular complexity index is 328. The van der Waals surface area contributed by atoms with Crippen LogP contribution in [0.25, 0.3) is 0 Å². The SMILES string of the molecule is O=S(=O)(O)C1(Cl)CCCC(Cl)C1(Cl)Cl. The van der Waals surface area contributed by atoms with Crippen LogP contribution in [0.4, 0.5) is 0 Å². The molecule has 2 atom stereocenters. The van der Waals surface area contributed by atoms with Crippen molar-refractivity contribution in [3.8, 4) is 0 Å². The standard InChI is InChI=1S/C6H8Cl4O3S/c7-4-2-1-3-5(8,6(4,9)10)14(11,12)13/h4H,1-3H2,(H,11,12,13). The highest BCUT2D eigenvalue weighted by Crippen LogP contribution is 2.54. The van der Waals surface area contributed by atoms with E-state index in [9.17, 15) is 8.42 Å². The van der Waals surface area contributed by atoms with Gasteiger partial charge in [-0.05, 0) is 19.3 Å². The largest absolute Gasteiger partial charge is 0.287 e. The lowest BCUT2D eigenvalue weighted by Gasteiger charge is -2.41. The quantitative estimate of drug-likeness (QED) is 0.598. The van der Waals surface area contributed by atoms with E-state index in [0.717, 1.165) is 0 Å². The Labute approximate surface area is 102 Å². The second-order valence-corrected chi connectivity index (χ2v) is 7.62. The van der Waals surface area contributed by atoms with Crippen LogP contribution >= 0.6 is 46.4 Å². The maximum Gasteiger partial charge on any atom is 0.287 e. The maximum atomic E-state index is 11.1. The van der Waals surface area contributed by atoms with E-state index in [-0.39, 0.29) is 6.42 Å². The van der Waals surface area contributed by atoms with Crippen molar-refractivity contribution in [3.05, 3.63) is 0 Å². The molecule has 1 rings (SSSR count). The third kappa shape index (κ3) is 1.85. The Balaban J connectivity index is 3.21. The van der Waals surface area contributed by atoms with Crippen molar-refractivity contribution in [1.29, 1.82) is 0 Å². The zero-order chi connectivity index (χ0) is 11.2. The summed E-state index contributed by atoms with van der Waals surface area (Å²) in [6.07, 6.45) is 0.876. The Morgan fingerprint density at radius 3 is 2.14 bits per heavy atom. The fraction of sp³-hybridized carbons (Fsp3) is 1.00. The Hall–Kier alpha value is 1.07. The molecule has 0 aromatic heterocycles. The Morgan fingerprint density at radius 2 is 1.79 bits per heavy atom. The van der Waals surface area contributed by atoms with Gasteiger partial charge in [-0.3, -0.25) is 4.55 Å². The average Bonchev–Trinajstić information content (AvgIpc) is 1.98. The highest BCUT2D eigenvalue weighted by molar-refractivity contribution is 7.89. The van der Waals surface area contributed by atoms with Crippen molar-refractivity contribution in [2.75, 3.05) is 0 Å². The summed E-state index contributed by atoms with van der Waals surface area (Å²) in [4.78, 5) is 0. The highest BCUT2D eigenvalue weighted by atomic mass is 35.5. The average molecular weight is 302 g/mol. The van der Waals surface area contributed by atoms with Crippen LogP contribution in [0.1, 0.15) is 19.3 Å². The molecule has 3 nitrogen and oxygen atoms in total. The molecule has 0 amide bonds. The topological polar surface area (TPSA) is 54.4 Å². The van der Waals surface area contributed by atoms with E-state index in [1.54, 1.807) is 0 Å². The molecule has 0 radical (unpaired) electrons. The molecule has 84 valence electrons. The van der Waals surface area contributed by atoms with Gasteiger partial charge in [0.05, 0.1) is 5.38 Å². The maximum absolute atomic E-state index is 11.1. The monoisotopic (exact) mass is 300 g/mol. The van der Waals surface area contributed by atoms with E-state index in [0.29, 0.717) is 12.8 Å². The van der Waals surface area contributed by atoms with Crippen molar-refractivity contribution in [3.63, 3.8) is 0 Å². The third-order valence-electron chi connectivity index (χ3n) is 2.26. The normalized spacial score (nSPS) is 38.2. The first-order chi connectivity index (χ1) is 6.13. The van der Waals surface area contributed by atoms with Gasteiger partial charge in [0.15, 0.2) is 4.33 Å². The Morgan fingerprint density at radius 1 is 1.29 bits per heavy atom. The fourth-order valence-electron chi connectivity index (χ4n) is 1.39. The molecule has 1 fully saturated rings. The summed E-state index contributed by atoms with van der Waals surface area (Å²) in [5.74, 6) is 0. The molecule has 0 bridgehead atoms. The second-order valence-electron chi connectivity index (χ2n) is 3.19. The van der Waals surface area contributed by atoms with Gasteiger partial charge in [-0.15, -0.1) is 11.6 Å². The predicted molar refractivity (Wildman–Crippen MR) is 58.1 cm³/mol. The van der Waals surface area contributed by atoms with Crippen LogP contribution in [-0.2, 0) is 10.1 Å². The molecular formula is C6H8Cl4O3S. The minimum atomic E-state index is -4.55. The van der Waals surface area contributed by atoms with Crippen LogP contribution < -0.4 is 0 Å². The molecule has 0 aromatic rings. The van der Waals surface area contributed by atoms with Crippen molar-refractivity contribution in [2.24, 2.45) is 0 Å². The molecule has 0 heterocycles. The summed E-state index contributed by atoms with van der Waals surface area (Å²) in [6.45, 7) is 0.